The van der Waals surface area contributed by atoms with Gasteiger partial charge in [-0.05, 0) is 44.2 Å². The summed E-state index contributed by atoms with van der Waals surface area (Å²) in [5.74, 6) is 1.50. The lowest BCUT2D eigenvalue weighted by Gasteiger charge is -2.41. The van der Waals surface area contributed by atoms with Crippen LogP contribution in [0.25, 0.3) is 0 Å². The monoisotopic (exact) mass is 282 g/mol. The summed E-state index contributed by atoms with van der Waals surface area (Å²) >= 11 is 0. The van der Waals surface area contributed by atoms with E-state index in [1.807, 2.05) is 0 Å². The lowest BCUT2D eigenvalue weighted by Crippen LogP contribution is -2.51. The van der Waals surface area contributed by atoms with Gasteiger partial charge in [0.2, 0.25) is 5.91 Å². The van der Waals surface area contributed by atoms with Crippen LogP contribution in [0.4, 0.5) is 0 Å². The Kier molecular flexibility index (Phi) is 7.01. The summed E-state index contributed by atoms with van der Waals surface area (Å²) in [5, 5.41) is 3.40. The van der Waals surface area contributed by atoms with Gasteiger partial charge < -0.3 is 10.2 Å². The standard InChI is InChI=1S/C17H34N2O/c1-6-7-17(8-10-18-11-9-17)16(20)19(12-14(2)3)13-15(4)5/h14-15,18H,6-13H2,1-5H3. The van der Waals surface area contributed by atoms with Crippen LogP contribution in [-0.4, -0.2) is 37.0 Å². The van der Waals surface area contributed by atoms with E-state index in [1.165, 1.54) is 0 Å². The normalized spacial score (nSPS) is 18.6. The average Bonchev–Trinajstić information content (AvgIpc) is 2.37. The number of carbonyl (C=O) groups excluding carboxylic acids is 1. The Morgan fingerprint density at radius 3 is 2.00 bits per heavy atom. The van der Waals surface area contributed by atoms with Crippen LogP contribution < -0.4 is 5.32 Å². The second-order valence-electron chi connectivity index (χ2n) is 7.28. The first-order valence-corrected chi connectivity index (χ1v) is 8.41. The fourth-order valence-electron chi connectivity index (χ4n) is 3.41. The topological polar surface area (TPSA) is 32.3 Å². The molecule has 1 saturated heterocycles. The van der Waals surface area contributed by atoms with Crippen LogP contribution in [0.1, 0.15) is 60.3 Å². The molecule has 0 bridgehead atoms. The van der Waals surface area contributed by atoms with Crippen molar-refractivity contribution in [2.45, 2.75) is 60.3 Å². The van der Waals surface area contributed by atoms with Crippen molar-refractivity contribution in [3.8, 4) is 0 Å². The number of nitrogens with zero attached hydrogens (tertiary/aromatic N) is 1. The van der Waals surface area contributed by atoms with Crippen LogP contribution in [0.5, 0.6) is 0 Å². The van der Waals surface area contributed by atoms with Crippen LogP contribution in [-0.2, 0) is 4.79 Å². The highest BCUT2D eigenvalue weighted by Crippen LogP contribution is 2.36. The number of rotatable bonds is 7. The molecule has 1 heterocycles. The number of amides is 1. The number of piperidine rings is 1. The van der Waals surface area contributed by atoms with Crippen LogP contribution >= 0.6 is 0 Å². The van der Waals surface area contributed by atoms with Crippen molar-refractivity contribution in [3.63, 3.8) is 0 Å². The van der Waals surface area contributed by atoms with Gasteiger partial charge in [0.1, 0.15) is 0 Å². The van der Waals surface area contributed by atoms with Crippen molar-refractivity contribution in [1.82, 2.24) is 10.2 Å². The highest BCUT2D eigenvalue weighted by Gasteiger charge is 2.41. The molecule has 20 heavy (non-hydrogen) atoms. The zero-order valence-corrected chi connectivity index (χ0v) is 14.2. The summed E-state index contributed by atoms with van der Waals surface area (Å²) in [4.78, 5) is 15.3. The second kappa shape index (κ2) is 8.02. The molecule has 1 aliphatic rings. The van der Waals surface area contributed by atoms with E-state index < -0.39 is 0 Å². The van der Waals surface area contributed by atoms with E-state index in [1.54, 1.807) is 0 Å². The Labute approximate surface area is 125 Å². The zero-order valence-electron chi connectivity index (χ0n) is 14.2. The molecule has 1 aliphatic heterocycles. The minimum atomic E-state index is -0.0935. The van der Waals surface area contributed by atoms with Gasteiger partial charge in [-0.2, -0.15) is 0 Å². The first-order valence-electron chi connectivity index (χ1n) is 8.41. The Morgan fingerprint density at radius 2 is 1.60 bits per heavy atom. The van der Waals surface area contributed by atoms with Gasteiger partial charge in [0.15, 0.2) is 0 Å². The minimum Gasteiger partial charge on any atom is -0.342 e. The van der Waals surface area contributed by atoms with E-state index in [0.29, 0.717) is 17.7 Å². The van der Waals surface area contributed by atoms with E-state index in [9.17, 15) is 4.79 Å². The number of hydrogen-bond acceptors (Lipinski definition) is 2. The maximum absolute atomic E-state index is 13.2. The first-order chi connectivity index (χ1) is 9.41. The van der Waals surface area contributed by atoms with Gasteiger partial charge in [0.05, 0.1) is 5.41 Å². The molecular formula is C17H34N2O. The number of hydrogen-bond donors (Lipinski definition) is 1. The first kappa shape index (κ1) is 17.5. The lowest BCUT2D eigenvalue weighted by atomic mass is 9.74. The predicted octanol–water partition coefficient (Wildman–Crippen LogP) is 3.30. The maximum Gasteiger partial charge on any atom is 0.228 e. The van der Waals surface area contributed by atoms with E-state index in [2.05, 4.69) is 44.8 Å². The molecule has 1 amide bonds. The highest BCUT2D eigenvalue weighted by atomic mass is 16.2. The third-order valence-corrected chi connectivity index (χ3v) is 4.20. The number of nitrogens with one attached hydrogen (secondary N) is 1. The quantitative estimate of drug-likeness (QED) is 0.777. The summed E-state index contributed by atoms with van der Waals surface area (Å²) in [6.45, 7) is 14.8. The van der Waals surface area contributed by atoms with Gasteiger partial charge in [-0.15, -0.1) is 0 Å². The molecule has 0 aromatic carbocycles. The Bertz CT molecular complexity index is 278. The molecule has 3 nitrogen and oxygen atoms in total. The molecule has 0 saturated carbocycles. The van der Waals surface area contributed by atoms with E-state index >= 15 is 0 Å². The molecule has 0 spiro atoms. The average molecular weight is 282 g/mol. The van der Waals surface area contributed by atoms with Gasteiger partial charge in [-0.25, -0.2) is 0 Å². The molecule has 0 unspecified atom stereocenters. The van der Waals surface area contributed by atoms with Gasteiger partial charge >= 0.3 is 0 Å². The molecule has 0 aromatic rings. The van der Waals surface area contributed by atoms with Crippen molar-refractivity contribution >= 4 is 5.91 Å². The highest BCUT2D eigenvalue weighted by molar-refractivity contribution is 5.83. The van der Waals surface area contributed by atoms with Gasteiger partial charge in [-0.1, -0.05) is 41.0 Å². The van der Waals surface area contributed by atoms with E-state index in [-0.39, 0.29) is 5.41 Å². The molecular weight excluding hydrogens is 248 g/mol. The fourth-order valence-corrected chi connectivity index (χ4v) is 3.41. The molecule has 118 valence electrons. The van der Waals surface area contributed by atoms with Crippen molar-refractivity contribution in [1.29, 1.82) is 0 Å². The largest absolute Gasteiger partial charge is 0.342 e. The van der Waals surface area contributed by atoms with Gasteiger partial charge in [0.25, 0.3) is 0 Å². The maximum atomic E-state index is 13.2. The van der Waals surface area contributed by atoms with Gasteiger partial charge in [0, 0.05) is 13.1 Å². The molecule has 3 heteroatoms. The summed E-state index contributed by atoms with van der Waals surface area (Å²) in [5.41, 5.74) is -0.0935. The van der Waals surface area contributed by atoms with Crippen LogP contribution in [0.3, 0.4) is 0 Å². The SMILES string of the molecule is CCCC1(C(=O)N(CC(C)C)CC(C)C)CCNCC1. The van der Waals surface area contributed by atoms with Crippen LogP contribution in [0, 0.1) is 17.3 Å². The summed E-state index contributed by atoms with van der Waals surface area (Å²) in [6.07, 6.45) is 4.15. The molecule has 0 radical (unpaired) electrons. The fraction of sp³-hybridized carbons (Fsp3) is 0.941. The third kappa shape index (κ3) is 4.76. The van der Waals surface area contributed by atoms with Crippen molar-refractivity contribution in [2.75, 3.05) is 26.2 Å². The van der Waals surface area contributed by atoms with Gasteiger partial charge in [-0.3, -0.25) is 4.79 Å². The summed E-state index contributed by atoms with van der Waals surface area (Å²) in [7, 11) is 0. The van der Waals surface area contributed by atoms with E-state index in [4.69, 9.17) is 0 Å². The Morgan fingerprint density at radius 1 is 1.10 bits per heavy atom. The van der Waals surface area contributed by atoms with Crippen molar-refractivity contribution in [2.24, 2.45) is 17.3 Å². The Balaban J connectivity index is 2.87. The van der Waals surface area contributed by atoms with E-state index in [0.717, 1.165) is 51.9 Å². The molecule has 0 aliphatic carbocycles. The second-order valence-corrected chi connectivity index (χ2v) is 7.28. The van der Waals surface area contributed by atoms with Crippen LogP contribution in [0.2, 0.25) is 0 Å². The molecule has 1 rings (SSSR count). The van der Waals surface area contributed by atoms with Crippen molar-refractivity contribution in [3.05, 3.63) is 0 Å². The zero-order chi connectivity index (χ0) is 15.2. The summed E-state index contributed by atoms with van der Waals surface area (Å²) in [6, 6.07) is 0. The minimum absolute atomic E-state index is 0.0935. The van der Waals surface area contributed by atoms with Crippen molar-refractivity contribution < 1.29 is 4.79 Å². The molecule has 0 aromatic heterocycles. The molecule has 1 fully saturated rings. The van der Waals surface area contributed by atoms with Crippen LogP contribution in [0.15, 0.2) is 0 Å². The predicted molar refractivity (Wildman–Crippen MR) is 85.7 cm³/mol. The molecule has 1 N–H and O–H groups in total. The smallest absolute Gasteiger partial charge is 0.228 e. The third-order valence-electron chi connectivity index (χ3n) is 4.20. The lowest BCUT2D eigenvalue weighted by molar-refractivity contribution is -0.145. The molecule has 0 atom stereocenters. The Hall–Kier alpha value is -0.570. The number of carbonyl (C=O) groups is 1. The summed E-state index contributed by atoms with van der Waals surface area (Å²) < 4.78 is 0.